The number of carbonyl (C=O) groups is 1. The van der Waals surface area contributed by atoms with E-state index < -0.39 is 0 Å². The number of nitrogens with one attached hydrogen (secondary N) is 1. The van der Waals surface area contributed by atoms with E-state index in [1.54, 1.807) is 0 Å². The van der Waals surface area contributed by atoms with Gasteiger partial charge in [0.2, 0.25) is 0 Å². The minimum atomic E-state index is 0.223. The maximum absolute atomic E-state index is 11.9. The monoisotopic (exact) mass is 266 g/mol. The first kappa shape index (κ1) is 12.9. The molecule has 1 aromatic heterocycles. The molecular weight excluding hydrogens is 248 g/mol. The Morgan fingerprint density at radius 3 is 2.75 bits per heavy atom. The van der Waals surface area contributed by atoms with E-state index in [2.05, 4.69) is 29.4 Å². The molecule has 0 bridgehead atoms. The molecule has 0 aliphatic heterocycles. The Bertz CT molecular complexity index is 622. The van der Waals surface area contributed by atoms with Crippen molar-refractivity contribution in [3.05, 3.63) is 59.3 Å². The van der Waals surface area contributed by atoms with Gasteiger partial charge in [0.1, 0.15) is 5.82 Å². The van der Waals surface area contributed by atoms with Crippen molar-refractivity contribution >= 4 is 11.6 Å². The number of Topliss-reactive ketones (excluding diaryl/α,β-unsaturated/α-hetero) is 1. The number of pyridine rings is 1. The molecule has 0 fully saturated rings. The summed E-state index contributed by atoms with van der Waals surface area (Å²) in [7, 11) is 0. The highest BCUT2D eigenvalue weighted by atomic mass is 16.1. The highest BCUT2D eigenvalue weighted by molar-refractivity contribution is 5.98. The van der Waals surface area contributed by atoms with Gasteiger partial charge in [-0.05, 0) is 30.0 Å². The lowest BCUT2D eigenvalue weighted by Gasteiger charge is -2.20. The number of benzene rings is 1. The molecule has 0 spiro atoms. The standard InChI is InChI=1S/C17H18N2O/c1-12-9-15-14(16(20)10-12)7-8-17(19-15)18-11-13-5-3-2-4-6-13/h2-8,12H,9-11H2,1H3,(H,18,19). The zero-order valence-corrected chi connectivity index (χ0v) is 11.6. The van der Waals surface area contributed by atoms with Crippen molar-refractivity contribution < 1.29 is 4.79 Å². The first-order valence-electron chi connectivity index (χ1n) is 7.03. The molecule has 0 radical (unpaired) electrons. The molecule has 1 atom stereocenters. The predicted molar refractivity (Wildman–Crippen MR) is 79.8 cm³/mol. The van der Waals surface area contributed by atoms with Gasteiger partial charge in [-0.25, -0.2) is 4.98 Å². The average molecular weight is 266 g/mol. The number of anilines is 1. The fourth-order valence-electron chi connectivity index (χ4n) is 2.63. The fraction of sp³-hybridized carbons (Fsp3) is 0.294. The highest BCUT2D eigenvalue weighted by Crippen LogP contribution is 2.25. The van der Waals surface area contributed by atoms with Crippen molar-refractivity contribution in [1.29, 1.82) is 0 Å². The molecular formula is C17H18N2O. The molecule has 1 heterocycles. The second kappa shape index (κ2) is 5.45. The van der Waals surface area contributed by atoms with Gasteiger partial charge in [0.25, 0.3) is 0 Å². The van der Waals surface area contributed by atoms with Crippen molar-refractivity contribution in [2.75, 3.05) is 5.32 Å². The molecule has 3 heteroatoms. The van der Waals surface area contributed by atoms with Crippen LogP contribution in [0.4, 0.5) is 5.82 Å². The quantitative estimate of drug-likeness (QED) is 0.925. The third-order valence-corrected chi connectivity index (χ3v) is 3.67. The summed E-state index contributed by atoms with van der Waals surface area (Å²) < 4.78 is 0. The van der Waals surface area contributed by atoms with Gasteiger partial charge in [-0.15, -0.1) is 0 Å². The number of ketones is 1. The molecule has 1 aliphatic rings. The van der Waals surface area contributed by atoms with Crippen molar-refractivity contribution in [2.45, 2.75) is 26.3 Å². The van der Waals surface area contributed by atoms with Gasteiger partial charge in [0, 0.05) is 18.5 Å². The normalized spacial score (nSPS) is 17.6. The summed E-state index contributed by atoms with van der Waals surface area (Å²) in [5.74, 6) is 1.46. The highest BCUT2D eigenvalue weighted by Gasteiger charge is 2.23. The summed E-state index contributed by atoms with van der Waals surface area (Å²) in [6, 6.07) is 14.0. The lowest BCUT2D eigenvalue weighted by molar-refractivity contribution is 0.0952. The molecule has 2 aromatic rings. The van der Waals surface area contributed by atoms with Crippen LogP contribution in [0.15, 0.2) is 42.5 Å². The van der Waals surface area contributed by atoms with Gasteiger partial charge < -0.3 is 5.32 Å². The largest absolute Gasteiger partial charge is 0.366 e. The van der Waals surface area contributed by atoms with Crippen LogP contribution >= 0.6 is 0 Å². The Morgan fingerprint density at radius 1 is 1.15 bits per heavy atom. The zero-order chi connectivity index (χ0) is 13.9. The number of nitrogens with zero attached hydrogens (tertiary/aromatic N) is 1. The van der Waals surface area contributed by atoms with Crippen LogP contribution in [0, 0.1) is 5.92 Å². The van der Waals surface area contributed by atoms with E-state index in [4.69, 9.17) is 0 Å². The molecule has 1 aromatic carbocycles. The van der Waals surface area contributed by atoms with Crippen LogP contribution in [0.25, 0.3) is 0 Å². The first-order chi connectivity index (χ1) is 9.72. The molecule has 1 aliphatic carbocycles. The first-order valence-corrected chi connectivity index (χ1v) is 7.03. The number of hydrogen-bond donors (Lipinski definition) is 1. The number of carbonyl (C=O) groups excluding carboxylic acids is 1. The second-order valence-electron chi connectivity index (χ2n) is 5.47. The summed E-state index contributed by atoms with van der Waals surface area (Å²) >= 11 is 0. The van der Waals surface area contributed by atoms with Crippen LogP contribution in [0.1, 0.15) is 35.0 Å². The van der Waals surface area contributed by atoms with E-state index in [0.717, 1.165) is 30.0 Å². The molecule has 1 N–H and O–H groups in total. The van der Waals surface area contributed by atoms with E-state index >= 15 is 0 Å². The third-order valence-electron chi connectivity index (χ3n) is 3.67. The molecule has 0 saturated heterocycles. The van der Waals surface area contributed by atoms with Gasteiger partial charge in [0.05, 0.1) is 5.69 Å². The Labute approximate surface area is 119 Å². The van der Waals surface area contributed by atoms with E-state index in [-0.39, 0.29) is 5.78 Å². The molecule has 102 valence electrons. The Morgan fingerprint density at radius 2 is 1.95 bits per heavy atom. The molecule has 0 saturated carbocycles. The van der Waals surface area contributed by atoms with Crippen molar-refractivity contribution in [2.24, 2.45) is 5.92 Å². The topological polar surface area (TPSA) is 42.0 Å². The number of rotatable bonds is 3. The minimum Gasteiger partial charge on any atom is -0.366 e. The number of hydrogen-bond acceptors (Lipinski definition) is 3. The molecule has 1 unspecified atom stereocenters. The molecule has 20 heavy (non-hydrogen) atoms. The fourth-order valence-corrected chi connectivity index (χ4v) is 2.63. The molecule has 0 amide bonds. The van der Waals surface area contributed by atoms with E-state index in [0.29, 0.717) is 12.3 Å². The number of aromatic nitrogens is 1. The van der Waals surface area contributed by atoms with Crippen LogP contribution < -0.4 is 5.32 Å². The Balaban J connectivity index is 1.75. The summed E-state index contributed by atoms with van der Waals surface area (Å²) in [4.78, 5) is 16.5. The summed E-state index contributed by atoms with van der Waals surface area (Å²) in [6.07, 6.45) is 1.54. The van der Waals surface area contributed by atoms with Crippen LogP contribution in [0.2, 0.25) is 0 Å². The smallest absolute Gasteiger partial charge is 0.164 e. The van der Waals surface area contributed by atoms with Gasteiger partial charge in [-0.3, -0.25) is 4.79 Å². The molecule has 3 rings (SSSR count). The van der Waals surface area contributed by atoms with Gasteiger partial charge >= 0.3 is 0 Å². The minimum absolute atomic E-state index is 0.223. The van der Waals surface area contributed by atoms with Crippen LogP contribution in [0.5, 0.6) is 0 Å². The summed E-state index contributed by atoms with van der Waals surface area (Å²) in [6.45, 7) is 2.85. The van der Waals surface area contributed by atoms with Crippen molar-refractivity contribution in [3.8, 4) is 0 Å². The summed E-state index contributed by atoms with van der Waals surface area (Å²) in [5, 5.41) is 3.32. The van der Waals surface area contributed by atoms with Crippen molar-refractivity contribution in [3.63, 3.8) is 0 Å². The van der Waals surface area contributed by atoms with Gasteiger partial charge in [-0.2, -0.15) is 0 Å². The van der Waals surface area contributed by atoms with E-state index in [9.17, 15) is 4.79 Å². The van der Waals surface area contributed by atoms with E-state index in [1.165, 1.54) is 5.56 Å². The van der Waals surface area contributed by atoms with Gasteiger partial charge in [0.15, 0.2) is 5.78 Å². The van der Waals surface area contributed by atoms with E-state index in [1.807, 2.05) is 30.3 Å². The average Bonchev–Trinajstić information content (AvgIpc) is 2.45. The lowest BCUT2D eigenvalue weighted by atomic mass is 9.87. The van der Waals surface area contributed by atoms with Gasteiger partial charge in [-0.1, -0.05) is 37.3 Å². The zero-order valence-electron chi connectivity index (χ0n) is 11.6. The number of fused-ring (bicyclic) bond motifs is 1. The second-order valence-corrected chi connectivity index (χ2v) is 5.47. The predicted octanol–water partition coefficient (Wildman–Crippen LogP) is 3.46. The SMILES string of the molecule is CC1CC(=O)c2ccc(NCc3ccccc3)nc2C1. The Hall–Kier alpha value is -2.16. The van der Waals surface area contributed by atoms with Crippen molar-refractivity contribution in [1.82, 2.24) is 4.98 Å². The summed E-state index contributed by atoms with van der Waals surface area (Å²) in [5.41, 5.74) is 2.96. The third kappa shape index (κ3) is 2.72. The van der Waals surface area contributed by atoms with Crippen LogP contribution in [-0.4, -0.2) is 10.8 Å². The van der Waals surface area contributed by atoms with Crippen LogP contribution in [-0.2, 0) is 13.0 Å². The lowest BCUT2D eigenvalue weighted by Crippen LogP contribution is -2.19. The maximum atomic E-state index is 11.9. The van der Waals surface area contributed by atoms with Crippen LogP contribution in [0.3, 0.4) is 0 Å². The maximum Gasteiger partial charge on any atom is 0.164 e. The molecule has 3 nitrogen and oxygen atoms in total. The Kier molecular flexibility index (Phi) is 3.50.